The lowest BCUT2D eigenvalue weighted by Gasteiger charge is -2.08. The first-order valence-electron chi connectivity index (χ1n) is 9.11. The Morgan fingerprint density at radius 3 is 2.58 bits per heavy atom. The molecule has 0 unspecified atom stereocenters. The van der Waals surface area contributed by atoms with Gasteiger partial charge in [-0.25, -0.2) is 5.43 Å². The minimum Gasteiger partial charge on any atom is -0.502 e. The monoisotopic (exact) mass is 484 g/mol. The summed E-state index contributed by atoms with van der Waals surface area (Å²) in [5.41, 5.74) is 2.45. The Bertz CT molecular complexity index is 1190. The molecule has 158 valence electrons. The van der Waals surface area contributed by atoms with E-state index in [9.17, 15) is 24.8 Å². The molecule has 0 saturated carbocycles. The molecule has 10 heteroatoms. The summed E-state index contributed by atoms with van der Waals surface area (Å²) < 4.78 is 0.370. The van der Waals surface area contributed by atoms with Crippen molar-refractivity contribution >= 4 is 56.1 Å². The van der Waals surface area contributed by atoms with Crippen LogP contribution in [0.3, 0.4) is 0 Å². The number of carbonyl (C=O) groups is 2. The van der Waals surface area contributed by atoms with Gasteiger partial charge >= 0.3 is 5.69 Å². The Morgan fingerprint density at radius 1 is 1.10 bits per heavy atom. The Hall–Kier alpha value is -3.79. The lowest BCUT2D eigenvalue weighted by atomic mass is 10.1. The van der Waals surface area contributed by atoms with Crippen LogP contribution in [0.5, 0.6) is 5.75 Å². The van der Waals surface area contributed by atoms with Crippen LogP contribution in [0.15, 0.2) is 64.2 Å². The van der Waals surface area contributed by atoms with E-state index in [-0.39, 0.29) is 24.3 Å². The van der Waals surface area contributed by atoms with Gasteiger partial charge in [-0.1, -0.05) is 52.3 Å². The molecule has 31 heavy (non-hydrogen) atoms. The van der Waals surface area contributed by atoms with Crippen LogP contribution >= 0.6 is 15.9 Å². The third-order valence-electron chi connectivity index (χ3n) is 4.32. The number of hydrogen-bond acceptors (Lipinski definition) is 6. The molecule has 3 aromatic rings. The fourth-order valence-electron chi connectivity index (χ4n) is 2.85. The van der Waals surface area contributed by atoms with Gasteiger partial charge in [0, 0.05) is 40.0 Å². The van der Waals surface area contributed by atoms with Crippen LogP contribution < -0.4 is 10.7 Å². The lowest BCUT2D eigenvalue weighted by molar-refractivity contribution is -0.385. The van der Waals surface area contributed by atoms with Crippen LogP contribution in [-0.4, -0.2) is 28.1 Å². The van der Waals surface area contributed by atoms with E-state index in [0.29, 0.717) is 10.2 Å². The first-order valence-corrected chi connectivity index (χ1v) is 9.91. The second-order valence-electron chi connectivity index (χ2n) is 6.49. The van der Waals surface area contributed by atoms with Gasteiger partial charge in [-0.05, 0) is 17.5 Å². The number of nitro benzene ring substituents is 1. The molecule has 3 aromatic carbocycles. The molecular formula is C21H17BrN4O5. The molecular weight excluding hydrogens is 468 g/mol. The van der Waals surface area contributed by atoms with E-state index in [1.807, 2.05) is 36.4 Å². The molecule has 0 aliphatic heterocycles. The fourth-order valence-corrected chi connectivity index (χ4v) is 3.31. The molecule has 0 bridgehead atoms. The van der Waals surface area contributed by atoms with E-state index < -0.39 is 22.3 Å². The molecule has 0 atom stereocenters. The highest BCUT2D eigenvalue weighted by molar-refractivity contribution is 9.10. The Balaban J connectivity index is 1.55. The van der Waals surface area contributed by atoms with Crippen molar-refractivity contribution in [1.29, 1.82) is 0 Å². The van der Waals surface area contributed by atoms with Gasteiger partial charge in [0.05, 0.1) is 11.1 Å². The van der Waals surface area contributed by atoms with Crippen molar-refractivity contribution in [3.63, 3.8) is 0 Å². The summed E-state index contributed by atoms with van der Waals surface area (Å²) in [4.78, 5) is 34.4. The van der Waals surface area contributed by atoms with Gasteiger partial charge in [0.25, 0.3) is 0 Å². The molecule has 3 N–H and O–H groups in total. The lowest BCUT2D eigenvalue weighted by Crippen LogP contribution is -2.20. The van der Waals surface area contributed by atoms with E-state index in [2.05, 4.69) is 31.8 Å². The van der Waals surface area contributed by atoms with Crippen molar-refractivity contribution in [2.45, 2.75) is 12.8 Å². The predicted octanol–water partition coefficient (Wildman–Crippen LogP) is 4.09. The zero-order chi connectivity index (χ0) is 22.4. The summed E-state index contributed by atoms with van der Waals surface area (Å²) in [6.45, 7) is 0. The van der Waals surface area contributed by atoms with Crippen molar-refractivity contribution < 1.29 is 19.6 Å². The van der Waals surface area contributed by atoms with Gasteiger partial charge in [-0.2, -0.15) is 5.10 Å². The van der Waals surface area contributed by atoms with Crippen molar-refractivity contribution in [1.82, 2.24) is 5.43 Å². The van der Waals surface area contributed by atoms with Gasteiger partial charge in [0.1, 0.15) is 0 Å². The van der Waals surface area contributed by atoms with Crippen LogP contribution in [0, 0.1) is 10.1 Å². The molecule has 2 amide bonds. The molecule has 0 radical (unpaired) electrons. The third kappa shape index (κ3) is 5.64. The Morgan fingerprint density at radius 2 is 1.81 bits per heavy atom. The molecule has 9 nitrogen and oxygen atoms in total. The van der Waals surface area contributed by atoms with Gasteiger partial charge in [-0.3, -0.25) is 19.7 Å². The maximum Gasteiger partial charge on any atom is 0.312 e. The average molecular weight is 485 g/mol. The van der Waals surface area contributed by atoms with Gasteiger partial charge in [0.15, 0.2) is 0 Å². The zero-order valence-electron chi connectivity index (χ0n) is 16.0. The van der Waals surface area contributed by atoms with E-state index in [4.69, 9.17) is 0 Å². The zero-order valence-corrected chi connectivity index (χ0v) is 17.6. The summed E-state index contributed by atoms with van der Waals surface area (Å²) in [5, 5.41) is 29.2. The van der Waals surface area contributed by atoms with Gasteiger partial charge in [0.2, 0.25) is 17.6 Å². The minimum atomic E-state index is -0.732. The average Bonchev–Trinajstić information content (AvgIpc) is 2.74. The van der Waals surface area contributed by atoms with Crippen molar-refractivity contribution in [2.75, 3.05) is 5.32 Å². The second kappa shape index (κ2) is 9.81. The van der Waals surface area contributed by atoms with Gasteiger partial charge in [-0.15, -0.1) is 0 Å². The maximum atomic E-state index is 12.2. The first-order chi connectivity index (χ1) is 14.8. The quantitative estimate of drug-likeness (QED) is 0.263. The van der Waals surface area contributed by atoms with Crippen LogP contribution in [0.25, 0.3) is 10.8 Å². The number of anilines is 1. The Labute approximate surface area is 185 Å². The molecule has 0 fully saturated rings. The molecule has 0 saturated heterocycles. The highest BCUT2D eigenvalue weighted by atomic mass is 79.9. The number of fused-ring (bicyclic) bond motifs is 1. The molecule has 3 rings (SSSR count). The SMILES string of the molecule is O=C(CCC(=O)Nc1cccc2ccccc12)NN=Cc1cc(Br)cc([N+](=O)[O-])c1O. The van der Waals surface area contributed by atoms with Crippen molar-refractivity contribution in [3.8, 4) is 5.75 Å². The topological polar surface area (TPSA) is 134 Å². The maximum absolute atomic E-state index is 12.2. The molecule has 0 aliphatic rings. The summed E-state index contributed by atoms with van der Waals surface area (Å²) >= 11 is 3.11. The number of hydrazone groups is 1. The number of nitrogens with one attached hydrogen (secondary N) is 2. The second-order valence-corrected chi connectivity index (χ2v) is 7.40. The van der Waals surface area contributed by atoms with E-state index in [0.717, 1.165) is 23.1 Å². The van der Waals surface area contributed by atoms with E-state index in [1.54, 1.807) is 6.07 Å². The number of rotatable bonds is 7. The van der Waals surface area contributed by atoms with E-state index >= 15 is 0 Å². The molecule has 0 heterocycles. The van der Waals surface area contributed by atoms with Gasteiger partial charge < -0.3 is 10.4 Å². The standard InChI is InChI=1S/C21H17BrN4O5/c22-15-10-14(21(29)18(11-15)26(30)31)12-23-25-20(28)9-8-19(27)24-17-7-3-5-13-4-1-2-6-16(13)17/h1-7,10-12,29H,8-9H2,(H,24,27)(H,25,28). The largest absolute Gasteiger partial charge is 0.502 e. The normalized spacial score (nSPS) is 10.9. The van der Waals surface area contributed by atoms with Crippen molar-refractivity contribution in [3.05, 3.63) is 74.7 Å². The Kier molecular flexibility index (Phi) is 6.93. The summed E-state index contributed by atoms with van der Waals surface area (Å²) in [6, 6.07) is 15.7. The number of nitro groups is 1. The third-order valence-corrected chi connectivity index (χ3v) is 4.77. The van der Waals surface area contributed by atoms with Crippen LogP contribution in [-0.2, 0) is 9.59 Å². The smallest absolute Gasteiger partial charge is 0.312 e. The van der Waals surface area contributed by atoms with Crippen molar-refractivity contribution in [2.24, 2.45) is 5.10 Å². The molecule has 0 spiro atoms. The number of hydrogen-bond donors (Lipinski definition) is 3. The molecule has 0 aromatic heterocycles. The number of phenols is 1. The minimum absolute atomic E-state index is 0.0510. The summed E-state index contributed by atoms with van der Waals surface area (Å²) in [5.74, 6) is -1.41. The number of nitrogens with zero attached hydrogens (tertiary/aromatic N) is 2. The highest BCUT2D eigenvalue weighted by Crippen LogP contribution is 2.32. The molecule has 0 aliphatic carbocycles. The fraction of sp³-hybridized carbons (Fsp3) is 0.0952. The van der Waals surface area contributed by atoms with Crippen LogP contribution in [0.1, 0.15) is 18.4 Å². The number of carbonyl (C=O) groups excluding carboxylic acids is 2. The number of halogens is 1. The summed E-state index contributed by atoms with van der Waals surface area (Å²) in [7, 11) is 0. The number of aromatic hydroxyl groups is 1. The van der Waals surface area contributed by atoms with Crippen LogP contribution in [0.4, 0.5) is 11.4 Å². The van der Waals surface area contributed by atoms with Crippen LogP contribution in [0.2, 0.25) is 0 Å². The number of benzene rings is 3. The number of phenolic OH excluding ortho intramolecular Hbond substituents is 1. The number of amides is 2. The first kappa shape index (κ1) is 21.9. The highest BCUT2D eigenvalue weighted by Gasteiger charge is 2.17. The predicted molar refractivity (Wildman–Crippen MR) is 120 cm³/mol. The van der Waals surface area contributed by atoms with E-state index in [1.165, 1.54) is 6.07 Å². The summed E-state index contributed by atoms with van der Waals surface area (Å²) in [6.07, 6.45) is 0.915.